The van der Waals surface area contributed by atoms with Gasteiger partial charge in [0.15, 0.2) is 5.58 Å². The highest BCUT2D eigenvalue weighted by molar-refractivity contribution is 6.12. The molecule has 0 saturated heterocycles. The van der Waals surface area contributed by atoms with Gasteiger partial charge in [0, 0.05) is 55.5 Å². The molecule has 0 amide bonds. The SMILES string of the molecule is c1ccc(-c2cc(-c3ccccc3)nc(-n3c4ccccc4c4ccc(-c5cncc(-c6ccc7c(c6)c6ccccc6n7-c6ccc7oc8cccnc8c7c6)n5)cc43)c2)cc1. The number of aromatic nitrogens is 6. The molecule has 0 fully saturated rings. The van der Waals surface area contributed by atoms with E-state index in [2.05, 4.69) is 178 Å². The largest absolute Gasteiger partial charge is 0.454 e. The molecular weight excluding hydrogens is 773 g/mol. The monoisotopic (exact) mass is 806 g/mol. The van der Waals surface area contributed by atoms with Crippen LogP contribution in [0.1, 0.15) is 0 Å². The maximum absolute atomic E-state index is 6.12. The third kappa shape index (κ3) is 5.67. The molecular formula is C56H34N6O. The summed E-state index contributed by atoms with van der Waals surface area (Å²) in [6.07, 6.45) is 5.52. The lowest BCUT2D eigenvalue weighted by Gasteiger charge is -2.13. The van der Waals surface area contributed by atoms with Gasteiger partial charge in [-0.25, -0.2) is 9.97 Å². The number of hydrogen-bond acceptors (Lipinski definition) is 5. The average Bonchev–Trinajstić information content (AvgIpc) is 4.01. The van der Waals surface area contributed by atoms with Gasteiger partial charge < -0.3 is 8.98 Å². The fourth-order valence-electron chi connectivity index (χ4n) is 9.34. The molecule has 6 aromatic heterocycles. The first-order chi connectivity index (χ1) is 31.2. The third-order valence-corrected chi connectivity index (χ3v) is 12.3. The average molecular weight is 807 g/mol. The van der Waals surface area contributed by atoms with Crippen LogP contribution in [-0.4, -0.2) is 29.1 Å². The Labute approximate surface area is 360 Å². The van der Waals surface area contributed by atoms with Gasteiger partial charge in [-0.05, 0) is 83.9 Å². The van der Waals surface area contributed by atoms with E-state index < -0.39 is 0 Å². The number of pyridine rings is 2. The minimum absolute atomic E-state index is 0.783. The Balaban J connectivity index is 0.942. The third-order valence-electron chi connectivity index (χ3n) is 12.3. The molecule has 0 aliphatic heterocycles. The van der Waals surface area contributed by atoms with E-state index in [1.165, 1.54) is 0 Å². The van der Waals surface area contributed by atoms with Crippen molar-refractivity contribution in [2.24, 2.45) is 0 Å². The lowest BCUT2D eigenvalue weighted by molar-refractivity contribution is 0.668. The molecule has 0 N–H and O–H groups in total. The van der Waals surface area contributed by atoms with Crippen molar-refractivity contribution in [3.8, 4) is 56.4 Å². The van der Waals surface area contributed by atoms with Crippen LogP contribution >= 0.6 is 0 Å². The van der Waals surface area contributed by atoms with Crippen LogP contribution in [0.2, 0.25) is 0 Å². The summed E-state index contributed by atoms with van der Waals surface area (Å²) in [5, 5.41) is 5.59. The zero-order valence-corrected chi connectivity index (χ0v) is 33.7. The highest BCUT2D eigenvalue weighted by atomic mass is 16.3. The number of hydrogen-bond donors (Lipinski definition) is 0. The number of nitrogens with zero attached hydrogens (tertiary/aromatic N) is 6. The van der Waals surface area contributed by atoms with Gasteiger partial charge in [0.2, 0.25) is 0 Å². The van der Waals surface area contributed by atoms with Gasteiger partial charge >= 0.3 is 0 Å². The number of furan rings is 1. The molecule has 294 valence electrons. The second kappa shape index (κ2) is 13.9. The van der Waals surface area contributed by atoms with Crippen LogP contribution in [0.25, 0.3) is 122 Å². The molecule has 6 heterocycles. The summed E-state index contributed by atoms with van der Waals surface area (Å²) in [7, 11) is 0. The minimum atomic E-state index is 0.783. The predicted molar refractivity (Wildman–Crippen MR) is 255 cm³/mol. The molecule has 0 saturated carbocycles. The van der Waals surface area contributed by atoms with E-state index >= 15 is 0 Å². The molecule has 0 radical (unpaired) electrons. The van der Waals surface area contributed by atoms with Crippen LogP contribution in [0.15, 0.2) is 211 Å². The zero-order chi connectivity index (χ0) is 41.4. The lowest BCUT2D eigenvalue weighted by Crippen LogP contribution is -2.00. The second-order valence-corrected chi connectivity index (χ2v) is 15.9. The van der Waals surface area contributed by atoms with Gasteiger partial charge in [0.25, 0.3) is 0 Å². The summed E-state index contributed by atoms with van der Waals surface area (Å²) < 4.78 is 10.7. The maximum Gasteiger partial charge on any atom is 0.153 e. The highest BCUT2D eigenvalue weighted by Crippen LogP contribution is 2.39. The van der Waals surface area contributed by atoms with Crippen LogP contribution < -0.4 is 0 Å². The molecule has 0 spiro atoms. The topological polar surface area (TPSA) is 74.6 Å². The Morgan fingerprint density at radius 3 is 1.84 bits per heavy atom. The fourth-order valence-corrected chi connectivity index (χ4v) is 9.34. The first-order valence-electron chi connectivity index (χ1n) is 21.0. The smallest absolute Gasteiger partial charge is 0.153 e. The maximum atomic E-state index is 6.12. The fraction of sp³-hybridized carbons (Fsp3) is 0. The van der Waals surface area contributed by atoms with E-state index in [4.69, 9.17) is 19.4 Å². The van der Waals surface area contributed by atoms with Crippen molar-refractivity contribution in [1.29, 1.82) is 0 Å². The number of fused-ring (bicyclic) bond motifs is 9. The Morgan fingerprint density at radius 2 is 1.03 bits per heavy atom. The van der Waals surface area contributed by atoms with E-state index in [1.54, 1.807) is 0 Å². The van der Waals surface area contributed by atoms with Crippen molar-refractivity contribution >= 4 is 65.7 Å². The van der Waals surface area contributed by atoms with Crippen molar-refractivity contribution in [3.05, 3.63) is 207 Å². The van der Waals surface area contributed by atoms with Gasteiger partial charge in [0.1, 0.15) is 16.9 Å². The van der Waals surface area contributed by atoms with Gasteiger partial charge in [-0.1, -0.05) is 115 Å². The van der Waals surface area contributed by atoms with Gasteiger partial charge in [-0.15, -0.1) is 0 Å². The molecule has 0 atom stereocenters. The minimum Gasteiger partial charge on any atom is -0.454 e. The van der Waals surface area contributed by atoms with Crippen LogP contribution in [0, 0.1) is 0 Å². The summed E-state index contributed by atoms with van der Waals surface area (Å²) in [6.45, 7) is 0. The van der Waals surface area contributed by atoms with Crippen molar-refractivity contribution < 1.29 is 4.42 Å². The van der Waals surface area contributed by atoms with Crippen molar-refractivity contribution in [2.45, 2.75) is 0 Å². The molecule has 0 aliphatic carbocycles. The molecule has 13 aromatic rings. The standard InChI is InChI=1S/C56H34N6O/c1-3-12-35(13-4-1)39-29-46(36-14-5-2-6-15-36)60-55(31-39)62-50-19-10-7-16-41(50)43-24-21-38(30-52(43)62)48-34-57-33-47(59-48)37-22-25-51-44(28-37)42-17-8-9-18-49(42)61(51)40-23-26-53-45(32-40)56-54(63-53)20-11-27-58-56/h1-34H. The first-order valence-corrected chi connectivity index (χ1v) is 21.0. The summed E-state index contributed by atoms with van der Waals surface area (Å²) >= 11 is 0. The normalized spacial score (nSPS) is 11.8. The Bertz CT molecular complexity index is 3860. The second-order valence-electron chi connectivity index (χ2n) is 15.9. The van der Waals surface area contributed by atoms with E-state index in [9.17, 15) is 0 Å². The Morgan fingerprint density at radius 1 is 0.365 bits per heavy atom. The van der Waals surface area contributed by atoms with Gasteiger partial charge in [-0.2, -0.15) is 0 Å². The van der Waals surface area contributed by atoms with Crippen molar-refractivity contribution in [1.82, 2.24) is 29.1 Å². The molecule has 7 heteroatoms. The number of benzene rings is 7. The first kappa shape index (κ1) is 35.1. The molecule has 0 unspecified atom stereocenters. The van der Waals surface area contributed by atoms with Crippen molar-refractivity contribution in [3.63, 3.8) is 0 Å². The predicted octanol–water partition coefficient (Wildman–Crippen LogP) is 14.0. The Kier molecular flexibility index (Phi) is 7.77. The van der Waals surface area contributed by atoms with Crippen LogP contribution in [-0.2, 0) is 0 Å². The molecule has 13 rings (SSSR count). The van der Waals surface area contributed by atoms with E-state index in [1.807, 2.05) is 42.9 Å². The summed E-state index contributed by atoms with van der Waals surface area (Å²) in [5.74, 6) is 0.848. The molecule has 7 aromatic carbocycles. The van der Waals surface area contributed by atoms with Crippen LogP contribution in [0.4, 0.5) is 0 Å². The molecule has 0 bridgehead atoms. The van der Waals surface area contributed by atoms with Crippen molar-refractivity contribution in [2.75, 3.05) is 0 Å². The summed E-state index contributed by atoms with van der Waals surface area (Å²) in [6, 6.07) is 65.8. The lowest BCUT2D eigenvalue weighted by atomic mass is 10.0. The van der Waals surface area contributed by atoms with Gasteiger partial charge in [-0.3, -0.25) is 14.5 Å². The highest BCUT2D eigenvalue weighted by Gasteiger charge is 2.19. The van der Waals surface area contributed by atoms with E-state index in [0.29, 0.717) is 0 Å². The summed E-state index contributed by atoms with van der Waals surface area (Å²) in [5.41, 5.74) is 15.6. The van der Waals surface area contributed by atoms with Crippen LogP contribution in [0.5, 0.6) is 0 Å². The van der Waals surface area contributed by atoms with Crippen LogP contribution in [0.3, 0.4) is 0 Å². The van der Waals surface area contributed by atoms with Gasteiger partial charge in [0.05, 0.1) is 51.5 Å². The van der Waals surface area contributed by atoms with E-state index in [0.717, 1.165) is 122 Å². The summed E-state index contributed by atoms with van der Waals surface area (Å²) in [4.78, 5) is 20.0. The molecule has 7 nitrogen and oxygen atoms in total. The number of rotatable bonds is 6. The van der Waals surface area contributed by atoms with E-state index in [-0.39, 0.29) is 0 Å². The molecule has 63 heavy (non-hydrogen) atoms. The molecule has 0 aliphatic rings. The Hall–Kier alpha value is -8.68. The quantitative estimate of drug-likeness (QED) is 0.167. The number of para-hydroxylation sites is 2. The zero-order valence-electron chi connectivity index (χ0n) is 33.7.